The summed E-state index contributed by atoms with van der Waals surface area (Å²) < 4.78 is 0. The summed E-state index contributed by atoms with van der Waals surface area (Å²) in [6.07, 6.45) is 0.938. The van der Waals surface area contributed by atoms with Gasteiger partial charge in [-0.2, -0.15) is 0 Å². The van der Waals surface area contributed by atoms with Crippen LogP contribution in [-0.4, -0.2) is 22.2 Å². The van der Waals surface area contributed by atoms with Gasteiger partial charge in [-0.25, -0.2) is 0 Å². The molecular weight excluding hydrogens is 232 g/mol. The molecule has 0 amide bonds. The van der Waals surface area contributed by atoms with Crippen LogP contribution in [0.2, 0.25) is 0 Å². The fourth-order valence-electron chi connectivity index (χ4n) is 2.58. The Hall–Kier alpha value is -1.84. The highest BCUT2D eigenvalue weighted by molar-refractivity contribution is 5.95. The molecule has 2 N–H and O–H groups in total. The molecule has 98 valence electrons. The quantitative estimate of drug-likeness (QED) is 0.761. The Morgan fingerprint density at radius 3 is 1.83 bits per heavy atom. The topological polar surface area (TPSA) is 74.6 Å². The molecule has 4 nitrogen and oxygen atoms in total. The van der Waals surface area contributed by atoms with Crippen LogP contribution < -0.4 is 0 Å². The van der Waals surface area contributed by atoms with Crippen LogP contribution in [-0.2, 0) is 15.0 Å². The molecule has 1 rings (SSSR count). The lowest BCUT2D eigenvalue weighted by Gasteiger charge is -2.35. The molecule has 0 unspecified atom stereocenters. The Labute approximate surface area is 106 Å². The Bertz CT molecular complexity index is 407. The number of carbonyl (C=O) groups is 2. The van der Waals surface area contributed by atoms with Gasteiger partial charge in [-0.05, 0) is 18.4 Å². The third-order valence-electron chi connectivity index (χ3n) is 3.66. The van der Waals surface area contributed by atoms with Gasteiger partial charge in [0.1, 0.15) is 0 Å². The lowest BCUT2D eigenvalue weighted by atomic mass is 9.66. The van der Waals surface area contributed by atoms with Crippen LogP contribution >= 0.6 is 0 Å². The van der Waals surface area contributed by atoms with E-state index in [-0.39, 0.29) is 0 Å². The average molecular weight is 250 g/mol. The molecule has 18 heavy (non-hydrogen) atoms. The summed E-state index contributed by atoms with van der Waals surface area (Å²) in [6, 6.07) is 9.03. The maximum atomic E-state index is 11.3. The van der Waals surface area contributed by atoms with E-state index >= 15 is 0 Å². The summed E-state index contributed by atoms with van der Waals surface area (Å²) in [7, 11) is 0. The number of hydrogen-bond acceptors (Lipinski definition) is 2. The molecule has 0 aliphatic heterocycles. The van der Waals surface area contributed by atoms with Gasteiger partial charge in [-0.1, -0.05) is 44.2 Å². The van der Waals surface area contributed by atoms with Gasteiger partial charge < -0.3 is 10.2 Å². The molecule has 0 aliphatic carbocycles. The fourth-order valence-corrected chi connectivity index (χ4v) is 2.58. The maximum Gasteiger partial charge on any atom is 0.318 e. The molecule has 0 saturated heterocycles. The molecule has 1 aromatic carbocycles. The van der Waals surface area contributed by atoms with Gasteiger partial charge in [-0.3, -0.25) is 9.59 Å². The number of rotatable bonds is 6. The van der Waals surface area contributed by atoms with Crippen molar-refractivity contribution in [3.63, 3.8) is 0 Å². The van der Waals surface area contributed by atoms with Crippen LogP contribution in [0.5, 0.6) is 0 Å². The van der Waals surface area contributed by atoms with Crippen LogP contribution in [0.3, 0.4) is 0 Å². The summed E-state index contributed by atoms with van der Waals surface area (Å²) in [4.78, 5) is 22.6. The van der Waals surface area contributed by atoms with Gasteiger partial charge in [0.2, 0.25) is 0 Å². The molecule has 0 fully saturated rings. The van der Waals surface area contributed by atoms with E-state index in [0.29, 0.717) is 12.8 Å². The molecule has 0 bridgehead atoms. The van der Waals surface area contributed by atoms with Crippen LogP contribution in [0.4, 0.5) is 0 Å². The third-order valence-corrected chi connectivity index (χ3v) is 3.66. The summed E-state index contributed by atoms with van der Waals surface area (Å²) in [5, 5.41) is 18.4. The van der Waals surface area contributed by atoms with Crippen LogP contribution in [0.15, 0.2) is 30.3 Å². The van der Waals surface area contributed by atoms with E-state index in [2.05, 4.69) is 0 Å². The van der Waals surface area contributed by atoms with Gasteiger partial charge in [-0.15, -0.1) is 0 Å². The molecule has 0 heterocycles. The predicted octanol–water partition coefficient (Wildman–Crippen LogP) is 2.53. The standard InChI is InChI=1S/C14H18O4/c1-3-14(4-2,10-8-6-5-7-9-10)11(12(15)16)13(17)18/h5-9,11H,3-4H2,1-2H3,(H,15,16)(H,17,18). The van der Waals surface area contributed by atoms with E-state index in [4.69, 9.17) is 0 Å². The van der Waals surface area contributed by atoms with E-state index in [1.165, 1.54) is 0 Å². The summed E-state index contributed by atoms with van der Waals surface area (Å²) in [5.74, 6) is -3.99. The highest BCUT2D eigenvalue weighted by atomic mass is 16.4. The number of benzene rings is 1. The van der Waals surface area contributed by atoms with E-state index in [0.717, 1.165) is 5.56 Å². The predicted molar refractivity (Wildman–Crippen MR) is 67.5 cm³/mol. The number of carboxylic acids is 2. The van der Waals surface area contributed by atoms with Crippen molar-refractivity contribution < 1.29 is 19.8 Å². The average Bonchev–Trinajstić information content (AvgIpc) is 2.36. The van der Waals surface area contributed by atoms with Crippen molar-refractivity contribution in [1.82, 2.24) is 0 Å². The lowest BCUT2D eigenvalue weighted by molar-refractivity contribution is -0.158. The fraction of sp³-hybridized carbons (Fsp3) is 0.429. The van der Waals surface area contributed by atoms with Gasteiger partial charge in [0.05, 0.1) is 0 Å². The maximum absolute atomic E-state index is 11.3. The van der Waals surface area contributed by atoms with Crippen molar-refractivity contribution in [3.05, 3.63) is 35.9 Å². The molecular formula is C14H18O4. The van der Waals surface area contributed by atoms with Gasteiger partial charge in [0.25, 0.3) is 0 Å². The minimum absolute atomic E-state index is 0.469. The van der Waals surface area contributed by atoms with Crippen molar-refractivity contribution in [3.8, 4) is 0 Å². The first-order valence-electron chi connectivity index (χ1n) is 6.00. The van der Waals surface area contributed by atoms with Crippen LogP contribution in [0, 0.1) is 5.92 Å². The second-order valence-electron chi connectivity index (χ2n) is 4.34. The zero-order chi connectivity index (χ0) is 13.8. The minimum atomic E-state index is -1.42. The highest BCUT2D eigenvalue weighted by Gasteiger charge is 2.46. The number of aliphatic carboxylic acids is 2. The van der Waals surface area contributed by atoms with Crippen molar-refractivity contribution in [2.75, 3.05) is 0 Å². The van der Waals surface area contributed by atoms with E-state index in [9.17, 15) is 19.8 Å². The van der Waals surface area contributed by atoms with Crippen LogP contribution in [0.1, 0.15) is 32.3 Å². The molecule has 0 saturated carbocycles. The summed E-state index contributed by atoms with van der Waals surface area (Å²) in [5.41, 5.74) is -0.0938. The van der Waals surface area contributed by atoms with Crippen molar-refractivity contribution in [1.29, 1.82) is 0 Å². The van der Waals surface area contributed by atoms with E-state index in [1.807, 2.05) is 19.9 Å². The van der Waals surface area contributed by atoms with Gasteiger partial charge in [0.15, 0.2) is 5.92 Å². The minimum Gasteiger partial charge on any atom is -0.481 e. The van der Waals surface area contributed by atoms with Gasteiger partial charge in [0, 0.05) is 5.41 Å². The highest BCUT2D eigenvalue weighted by Crippen LogP contribution is 2.39. The zero-order valence-electron chi connectivity index (χ0n) is 10.6. The van der Waals surface area contributed by atoms with E-state index < -0.39 is 23.3 Å². The summed E-state index contributed by atoms with van der Waals surface area (Å²) in [6.45, 7) is 3.66. The number of carboxylic acid groups (broad SMARTS) is 2. The largest absolute Gasteiger partial charge is 0.481 e. The molecule has 1 aromatic rings. The first-order chi connectivity index (χ1) is 8.49. The normalized spacial score (nSPS) is 11.5. The first-order valence-corrected chi connectivity index (χ1v) is 6.00. The van der Waals surface area contributed by atoms with Gasteiger partial charge >= 0.3 is 11.9 Å². The lowest BCUT2D eigenvalue weighted by Crippen LogP contribution is -2.44. The first kappa shape index (κ1) is 14.2. The van der Waals surface area contributed by atoms with E-state index in [1.54, 1.807) is 24.3 Å². The molecule has 0 spiro atoms. The molecule has 0 aliphatic rings. The second kappa shape index (κ2) is 5.67. The Balaban J connectivity index is 3.38. The second-order valence-corrected chi connectivity index (χ2v) is 4.34. The molecule has 4 heteroatoms. The van der Waals surface area contributed by atoms with Crippen LogP contribution in [0.25, 0.3) is 0 Å². The van der Waals surface area contributed by atoms with Crippen molar-refractivity contribution in [2.45, 2.75) is 32.1 Å². The third kappa shape index (κ3) is 2.37. The smallest absolute Gasteiger partial charge is 0.318 e. The molecule has 0 atom stereocenters. The number of hydrogen-bond donors (Lipinski definition) is 2. The van der Waals surface area contributed by atoms with Crippen molar-refractivity contribution in [2.24, 2.45) is 5.92 Å². The zero-order valence-corrected chi connectivity index (χ0v) is 10.6. The SMILES string of the molecule is CCC(CC)(c1ccccc1)C(C(=O)O)C(=O)O. The Morgan fingerprint density at radius 1 is 1.06 bits per heavy atom. The monoisotopic (exact) mass is 250 g/mol. The van der Waals surface area contributed by atoms with Crippen molar-refractivity contribution >= 4 is 11.9 Å². The Morgan fingerprint density at radius 2 is 1.50 bits per heavy atom. The molecule has 0 radical (unpaired) electrons. The Kier molecular flexibility index (Phi) is 4.48. The molecule has 0 aromatic heterocycles. The summed E-state index contributed by atoms with van der Waals surface area (Å²) >= 11 is 0.